The molecule has 1 rings (SSSR count). The zero-order chi connectivity index (χ0) is 14.1. The summed E-state index contributed by atoms with van der Waals surface area (Å²) in [6.45, 7) is 5.19. The minimum atomic E-state index is -0.170. The van der Waals surface area contributed by atoms with Gasteiger partial charge < -0.3 is 10.8 Å². The predicted octanol–water partition coefficient (Wildman–Crippen LogP) is 4.25. The summed E-state index contributed by atoms with van der Waals surface area (Å²) in [5.41, 5.74) is 6.06. The normalized spacial score (nSPS) is 29.4. The number of aliphatic hydroxyl groups excluding tert-OH is 1. The lowest BCUT2D eigenvalue weighted by molar-refractivity contribution is -0.0146. The van der Waals surface area contributed by atoms with Crippen molar-refractivity contribution in [2.45, 2.75) is 90.6 Å². The molecule has 0 radical (unpaired) electrons. The second-order valence-electron chi connectivity index (χ2n) is 6.64. The van der Waals surface area contributed by atoms with Crippen molar-refractivity contribution in [1.29, 1.82) is 0 Å². The van der Waals surface area contributed by atoms with Crippen molar-refractivity contribution in [1.82, 2.24) is 0 Å². The molecule has 1 atom stereocenters. The van der Waals surface area contributed by atoms with Gasteiger partial charge in [-0.3, -0.25) is 0 Å². The summed E-state index contributed by atoms with van der Waals surface area (Å²) in [5, 5.41) is 10.6. The maximum atomic E-state index is 10.6. The van der Waals surface area contributed by atoms with Crippen molar-refractivity contribution < 1.29 is 5.11 Å². The molecule has 0 amide bonds. The Morgan fingerprint density at radius 3 is 2.26 bits per heavy atom. The molecule has 2 nitrogen and oxygen atoms in total. The highest BCUT2D eigenvalue weighted by Crippen LogP contribution is 2.43. The summed E-state index contributed by atoms with van der Waals surface area (Å²) in [7, 11) is 0. The molecule has 114 valence electrons. The molecule has 3 N–H and O–H groups in total. The van der Waals surface area contributed by atoms with Crippen molar-refractivity contribution >= 4 is 0 Å². The molecule has 1 fully saturated rings. The van der Waals surface area contributed by atoms with Gasteiger partial charge in [-0.1, -0.05) is 52.4 Å². The molecule has 0 bridgehead atoms. The van der Waals surface area contributed by atoms with Gasteiger partial charge in [0.1, 0.15) is 0 Å². The molecule has 0 aliphatic heterocycles. The van der Waals surface area contributed by atoms with E-state index in [1.165, 1.54) is 51.4 Å². The molecule has 19 heavy (non-hydrogen) atoms. The van der Waals surface area contributed by atoms with Gasteiger partial charge in [0.2, 0.25) is 0 Å². The van der Waals surface area contributed by atoms with Gasteiger partial charge in [-0.15, -0.1) is 0 Å². The summed E-state index contributed by atoms with van der Waals surface area (Å²) in [6.07, 6.45) is 13.2. The van der Waals surface area contributed by atoms with Crippen LogP contribution in [0.5, 0.6) is 0 Å². The van der Waals surface area contributed by atoms with Crippen LogP contribution in [0.1, 0.15) is 84.5 Å². The lowest BCUT2D eigenvalue weighted by Gasteiger charge is -2.43. The van der Waals surface area contributed by atoms with Crippen LogP contribution in [0.25, 0.3) is 0 Å². The molecule has 1 aliphatic carbocycles. The van der Waals surface area contributed by atoms with E-state index in [1.54, 1.807) is 0 Å². The Hall–Kier alpha value is -0.0800. The quantitative estimate of drug-likeness (QED) is 0.615. The van der Waals surface area contributed by atoms with Crippen LogP contribution >= 0.6 is 0 Å². The van der Waals surface area contributed by atoms with Crippen LogP contribution in [-0.2, 0) is 0 Å². The summed E-state index contributed by atoms with van der Waals surface area (Å²) >= 11 is 0. The van der Waals surface area contributed by atoms with Crippen LogP contribution in [0.15, 0.2) is 0 Å². The molecule has 0 aromatic carbocycles. The Kier molecular flexibility index (Phi) is 8.01. The maximum Gasteiger partial charge on any atom is 0.0608 e. The second kappa shape index (κ2) is 8.97. The third kappa shape index (κ3) is 5.07. The van der Waals surface area contributed by atoms with Crippen LogP contribution in [-0.4, -0.2) is 17.8 Å². The number of aliphatic hydroxyl groups is 1. The monoisotopic (exact) mass is 269 g/mol. The fourth-order valence-corrected chi connectivity index (χ4v) is 3.58. The first-order valence-electron chi connectivity index (χ1n) is 8.56. The van der Waals surface area contributed by atoms with Crippen molar-refractivity contribution in [3.05, 3.63) is 0 Å². The van der Waals surface area contributed by atoms with Gasteiger partial charge in [0.25, 0.3) is 0 Å². The van der Waals surface area contributed by atoms with Gasteiger partial charge >= 0.3 is 0 Å². The van der Waals surface area contributed by atoms with E-state index in [1.807, 2.05) is 0 Å². The fourth-order valence-electron chi connectivity index (χ4n) is 3.58. The van der Waals surface area contributed by atoms with E-state index in [4.69, 9.17) is 5.73 Å². The van der Waals surface area contributed by atoms with E-state index in [0.717, 1.165) is 25.2 Å². The highest BCUT2D eigenvalue weighted by atomic mass is 16.3. The van der Waals surface area contributed by atoms with Gasteiger partial charge in [0, 0.05) is 12.0 Å². The molecule has 1 unspecified atom stereocenters. The van der Waals surface area contributed by atoms with Gasteiger partial charge in [-0.2, -0.15) is 0 Å². The molecule has 0 aromatic heterocycles. The topological polar surface area (TPSA) is 46.2 Å². The van der Waals surface area contributed by atoms with E-state index < -0.39 is 0 Å². The molecule has 1 saturated carbocycles. The number of nitrogens with two attached hydrogens (primary N) is 1. The average molecular weight is 269 g/mol. The Bertz CT molecular complexity index is 221. The van der Waals surface area contributed by atoms with Gasteiger partial charge in [0.05, 0.1) is 6.10 Å². The SMILES string of the molecule is CCCCCCCC(O)C1(CN)CCC(CC)CC1. The molecule has 0 heterocycles. The molecule has 1 aliphatic rings. The second-order valence-corrected chi connectivity index (χ2v) is 6.64. The van der Waals surface area contributed by atoms with Crippen LogP contribution < -0.4 is 5.73 Å². The minimum Gasteiger partial charge on any atom is -0.393 e. The first-order chi connectivity index (χ1) is 9.18. The van der Waals surface area contributed by atoms with Gasteiger partial charge in [0.15, 0.2) is 0 Å². The number of hydrogen-bond acceptors (Lipinski definition) is 2. The summed E-state index contributed by atoms with van der Waals surface area (Å²) in [5.74, 6) is 0.872. The molecule has 0 spiro atoms. The summed E-state index contributed by atoms with van der Waals surface area (Å²) in [6, 6.07) is 0. The smallest absolute Gasteiger partial charge is 0.0608 e. The predicted molar refractivity (Wildman–Crippen MR) is 83.1 cm³/mol. The Labute approximate surface area is 120 Å². The van der Waals surface area contributed by atoms with Crippen molar-refractivity contribution in [2.24, 2.45) is 17.1 Å². The van der Waals surface area contributed by atoms with E-state index >= 15 is 0 Å². The van der Waals surface area contributed by atoms with Crippen LogP contribution in [0.2, 0.25) is 0 Å². The van der Waals surface area contributed by atoms with Crippen molar-refractivity contribution in [2.75, 3.05) is 6.54 Å². The maximum absolute atomic E-state index is 10.6. The minimum absolute atomic E-state index is 0.0381. The van der Waals surface area contributed by atoms with Crippen LogP contribution in [0, 0.1) is 11.3 Å². The van der Waals surface area contributed by atoms with E-state index in [0.29, 0.717) is 6.54 Å². The highest BCUT2D eigenvalue weighted by Gasteiger charge is 2.39. The van der Waals surface area contributed by atoms with Gasteiger partial charge in [-0.25, -0.2) is 0 Å². The van der Waals surface area contributed by atoms with E-state index in [9.17, 15) is 5.11 Å². The number of rotatable bonds is 9. The lowest BCUT2D eigenvalue weighted by Crippen LogP contribution is -2.44. The molecular formula is C17H35NO. The summed E-state index contributed by atoms with van der Waals surface area (Å²) < 4.78 is 0. The largest absolute Gasteiger partial charge is 0.393 e. The third-order valence-electron chi connectivity index (χ3n) is 5.37. The summed E-state index contributed by atoms with van der Waals surface area (Å²) in [4.78, 5) is 0. The number of unbranched alkanes of at least 4 members (excludes halogenated alkanes) is 4. The molecule has 0 aromatic rings. The van der Waals surface area contributed by atoms with E-state index in [-0.39, 0.29) is 11.5 Å². The first-order valence-corrected chi connectivity index (χ1v) is 8.56. The van der Waals surface area contributed by atoms with Crippen LogP contribution in [0.4, 0.5) is 0 Å². The Morgan fingerprint density at radius 1 is 1.11 bits per heavy atom. The van der Waals surface area contributed by atoms with Crippen molar-refractivity contribution in [3.63, 3.8) is 0 Å². The molecule has 0 saturated heterocycles. The van der Waals surface area contributed by atoms with E-state index in [2.05, 4.69) is 13.8 Å². The highest BCUT2D eigenvalue weighted by molar-refractivity contribution is 4.91. The average Bonchev–Trinajstić information content (AvgIpc) is 2.46. The fraction of sp³-hybridized carbons (Fsp3) is 1.00. The third-order valence-corrected chi connectivity index (χ3v) is 5.37. The Balaban J connectivity index is 2.32. The van der Waals surface area contributed by atoms with Gasteiger partial charge in [-0.05, 0) is 38.0 Å². The first kappa shape index (κ1) is 17.0. The zero-order valence-electron chi connectivity index (χ0n) is 13.2. The zero-order valence-corrected chi connectivity index (χ0v) is 13.2. The molecular weight excluding hydrogens is 234 g/mol. The van der Waals surface area contributed by atoms with Crippen molar-refractivity contribution in [3.8, 4) is 0 Å². The molecule has 2 heteroatoms. The number of hydrogen-bond donors (Lipinski definition) is 2. The standard InChI is InChI=1S/C17H35NO/c1-3-5-6-7-8-9-16(19)17(14-18)12-10-15(4-2)11-13-17/h15-16,19H,3-14,18H2,1-2H3. The Morgan fingerprint density at radius 2 is 1.74 bits per heavy atom. The lowest BCUT2D eigenvalue weighted by atomic mass is 9.66. The van der Waals surface area contributed by atoms with Crippen LogP contribution in [0.3, 0.4) is 0 Å².